The summed E-state index contributed by atoms with van der Waals surface area (Å²) in [4.78, 5) is 3.01. The van der Waals surface area contributed by atoms with E-state index in [1.54, 1.807) is 0 Å². The summed E-state index contributed by atoms with van der Waals surface area (Å²) in [6.45, 7) is 1.63. The van der Waals surface area contributed by atoms with Gasteiger partial charge >= 0.3 is 0 Å². The molecule has 2 saturated heterocycles. The maximum Gasteiger partial charge on any atom is 0.190 e. The monoisotopic (exact) mass is 986 g/mol. The maximum absolute atomic E-state index is 7.32. The third-order valence-corrected chi connectivity index (χ3v) is 12.7. The van der Waals surface area contributed by atoms with E-state index in [0.29, 0.717) is 13.2 Å². The number of hydrogen-bond acceptors (Lipinski definition) is 15. The Balaban J connectivity index is 1.05. The molecule has 2 aromatic heterocycles. The van der Waals surface area contributed by atoms with Gasteiger partial charge in [-0.05, 0) is 43.8 Å². The summed E-state index contributed by atoms with van der Waals surface area (Å²) in [5.41, 5.74) is 5.75. The van der Waals surface area contributed by atoms with Gasteiger partial charge < -0.3 is 42.6 Å². The van der Waals surface area contributed by atoms with Crippen LogP contribution >= 0.6 is 0 Å². The topological polar surface area (TPSA) is 170 Å². The van der Waals surface area contributed by atoms with Crippen molar-refractivity contribution >= 4 is 0 Å². The lowest BCUT2D eigenvalue weighted by atomic mass is 9.94. The van der Waals surface area contributed by atoms with Crippen LogP contribution in [0.15, 0.2) is 195 Å². The first-order valence-corrected chi connectivity index (χ1v) is 24.5. The number of benzene rings is 6. The van der Waals surface area contributed by atoms with Gasteiger partial charge in [0.15, 0.2) is 25.2 Å². The molecule has 6 aromatic carbocycles. The maximum atomic E-state index is 7.32. The number of nitrogens with zero attached hydrogens (tertiary/aromatic N) is 8. The van der Waals surface area contributed by atoms with Crippen molar-refractivity contribution in [1.82, 2.24) is 40.4 Å². The fraction of sp³-hybridized carbons (Fsp3) is 0.321. The van der Waals surface area contributed by atoms with Crippen molar-refractivity contribution in [2.75, 3.05) is 13.2 Å². The van der Waals surface area contributed by atoms with Gasteiger partial charge in [-0.1, -0.05) is 182 Å². The number of tetrazole rings is 2. The molecule has 73 heavy (non-hydrogen) atoms. The van der Waals surface area contributed by atoms with E-state index in [9.17, 15) is 0 Å². The molecule has 0 radical (unpaired) electrons. The van der Waals surface area contributed by atoms with Gasteiger partial charge in [0.1, 0.15) is 48.7 Å². The molecule has 376 valence electrons. The zero-order chi connectivity index (χ0) is 49.3. The molecule has 0 aliphatic carbocycles. The Bertz CT molecular complexity index is 2570. The van der Waals surface area contributed by atoms with Crippen molar-refractivity contribution in [2.24, 2.45) is 0 Å². The largest absolute Gasteiger partial charge is 0.374 e. The van der Waals surface area contributed by atoms with Gasteiger partial charge in [0.25, 0.3) is 0 Å². The molecule has 0 spiro atoms. The Hall–Kier alpha value is -6.90. The third-order valence-electron chi connectivity index (χ3n) is 12.7. The Morgan fingerprint density at radius 3 is 0.932 bits per heavy atom. The summed E-state index contributed by atoms with van der Waals surface area (Å²) in [5.74, 6) is 0. The van der Waals surface area contributed by atoms with Crippen LogP contribution in [-0.2, 0) is 82.3 Å². The second kappa shape index (κ2) is 25.7. The van der Waals surface area contributed by atoms with E-state index < -0.39 is 61.3 Å². The summed E-state index contributed by atoms with van der Waals surface area (Å²) in [7, 11) is 0. The second-order valence-corrected chi connectivity index (χ2v) is 17.8. The Kier molecular flexibility index (Phi) is 17.5. The molecule has 0 N–H and O–H groups in total. The fourth-order valence-corrected chi connectivity index (χ4v) is 9.13. The van der Waals surface area contributed by atoms with E-state index in [2.05, 4.69) is 30.8 Å². The lowest BCUT2D eigenvalue weighted by molar-refractivity contribution is -0.383. The van der Waals surface area contributed by atoms with Crippen molar-refractivity contribution in [3.8, 4) is 0 Å². The van der Waals surface area contributed by atoms with E-state index in [4.69, 9.17) is 42.6 Å². The van der Waals surface area contributed by atoms with Crippen molar-refractivity contribution in [3.63, 3.8) is 0 Å². The first kappa shape index (κ1) is 49.7. The molecule has 10 atom stereocenters. The van der Waals surface area contributed by atoms with Gasteiger partial charge in [0.05, 0.1) is 52.9 Å². The first-order chi connectivity index (χ1) is 36.2. The zero-order valence-electron chi connectivity index (χ0n) is 40.2. The highest BCUT2D eigenvalue weighted by molar-refractivity contribution is 5.18. The van der Waals surface area contributed by atoms with Crippen LogP contribution in [-0.4, -0.2) is 103 Å². The molecule has 0 amide bonds. The van der Waals surface area contributed by atoms with Crippen molar-refractivity contribution < 1.29 is 42.6 Å². The standard InChI is InChI=1S/C56H58N8O9/c1-7-19-41(20-8-1)31-65-37-47-49(63-59-39-57-61-63)51(67-33-43-23-11-3-12-24-43)53(69-35-45-27-15-5-16-28-45)55(71-47)73-56-54(70-36-46-29-17-6-18-30-46)52(68-34-44-25-13-4-14-26-44)50(64-60-40-58-62-64)48(72-56)38-66-32-42-21-9-2-10-22-42/h1-30,39-40,47-56H,31-38H2/t47-,48-,49+,50+,51+,52+,53-,54-,55-,56-/m1/s1. The van der Waals surface area contributed by atoms with Gasteiger partial charge in [-0.15, -0.1) is 20.4 Å². The van der Waals surface area contributed by atoms with Crippen LogP contribution in [0.25, 0.3) is 0 Å². The minimum Gasteiger partial charge on any atom is -0.374 e. The van der Waals surface area contributed by atoms with Crippen LogP contribution in [0.5, 0.6) is 0 Å². The molecular weight excluding hydrogens is 929 g/mol. The predicted molar refractivity (Wildman–Crippen MR) is 264 cm³/mol. The average Bonchev–Trinajstić information content (AvgIpc) is 4.19. The van der Waals surface area contributed by atoms with Crippen molar-refractivity contribution in [2.45, 2.75) is 101 Å². The molecule has 2 aliphatic rings. The number of ether oxygens (including phenoxy) is 9. The van der Waals surface area contributed by atoms with E-state index in [0.717, 1.165) is 33.4 Å². The number of hydrogen-bond donors (Lipinski definition) is 0. The molecule has 17 heteroatoms. The molecule has 0 bridgehead atoms. The van der Waals surface area contributed by atoms with Crippen LogP contribution in [0.3, 0.4) is 0 Å². The number of rotatable bonds is 24. The molecule has 4 heterocycles. The summed E-state index contributed by atoms with van der Waals surface area (Å²) >= 11 is 0. The average molecular weight is 987 g/mol. The summed E-state index contributed by atoms with van der Waals surface area (Å²) in [6, 6.07) is 58.2. The fourth-order valence-electron chi connectivity index (χ4n) is 9.13. The summed E-state index contributed by atoms with van der Waals surface area (Å²) < 4.78 is 62.7. The summed E-state index contributed by atoms with van der Waals surface area (Å²) in [5, 5.41) is 26.2. The van der Waals surface area contributed by atoms with E-state index in [1.165, 1.54) is 22.2 Å². The molecule has 2 aliphatic heterocycles. The highest BCUT2D eigenvalue weighted by Crippen LogP contribution is 2.40. The molecule has 0 unspecified atom stereocenters. The molecule has 0 saturated carbocycles. The minimum atomic E-state index is -1.18. The van der Waals surface area contributed by atoms with Crippen LogP contribution in [0.2, 0.25) is 0 Å². The minimum absolute atomic E-state index is 0.0931. The van der Waals surface area contributed by atoms with Gasteiger partial charge in [0, 0.05) is 0 Å². The predicted octanol–water partition coefficient (Wildman–Crippen LogP) is 7.68. The van der Waals surface area contributed by atoms with Crippen molar-refractivity contribution in [1.29, 1.82) is 0 Å². The Morgan fingerprint density at radius 1 is 0.356 bits per heavy atom. The van der Waals surface area contributed by atoms with E-state index in [-0.39, 0.29) is 39.6 Å². The highest BCUT2D eigenvalue weighted by atomic mass is 16.8. The van der Waals surface area contributed by atoms with Crippen molar-refractivity contribution in [3.05, 3.63) is 228 Å². The first-order valence-electron chi connectivity index (χ1n) is 24.5. The van der Waals surface area contributed by atoms with Crippen LogP contribution < -0.4 is 0 Å². The van der Waals surface area contributed by atoms with E-state index in [1.807, 2.05) is 182 Å². The van der Waals surface area contributed by atoms with Crippen LogP contribution in [0.1, 0.15) is 45.5 Å². The lowest BCUT2D eigenvalue weighted by Gasteiger charge is -2.49. The van der Waals surface area contributed by atoms with Crippen LogP contribution in [0.4, 0.5) is 0 Å². The van der Waals surface area contributed by atoms with Gasteiger partial charge in [-0.3, -0.25) is 0 Å². The Morgan fingerprint density at radius 2 is 0.644 bits per heavy atom. The summed E-state index contributed by atoms with van der Waals surface area (Å²) in [6.07, 6.45) is -4.60. The second-order valence-electron chi connectivity index (χ2n) is 17.8. The molecule has 8 aromatic rings. The smallest absolute Gasteiger partial charge is 0.190 e. The molecular formula is C56H58N8O9. The SMILES string of the molecule is c1ccc(COC[C@H]2O[C@H](O[C@H]3O[C@H](COCc4ccccc4)[C@H](n4ncnn4)[C@H](OCc4ccccc4)[C@H]3OCc3ccccc3)[C@H](OCc3ccccc3)[C@@H](OCc3ccccc3)[C@H]2n2ncnn2)cc1. The van der Waals surface area contributed by atoms with Crippen LogP contribution in [0, 0.1) is 0 Å². The molecule has 17 nitrogen and oxygen atoms in total. The molecule has 10 rings (SSSR count). The quantitative estimate of drug-likeness (QED) is 0.0577. The van der Waals surface area contributed by atoms with Gasteiger partial charge in [-0.25, -0.2) is 0 Å². The zero-order valence-corrected chi connectivity index (χ0v) is 40.2. The molecule has 2 fully saturated rings. The third kappa shape index (κ3) is 13.4. The van der Waals surface area contributed by atoms with Gasteiger partial charge in [-0.2, -0.15) is 9.59 Å². The number of aromatic nitrogens is 8. The highest BCUT2D eigenvalue weighted by Gasteiger charge is 2.55. The van der Waals surface area contributed by atoms with E-state index >= 15 is 0 Å². The normalized spacial score (nSPS) is 24.1. The Labute approximate surface area is 423 Å². The lowest BCUT2D eigenvalue weighted by Crippen LogP contribution is -2.63. The van der Waals surface area contributed by atoms with Gasteiger partial charge in [0.2, 0.25) is 0 Å².